The van der Waals surface area contributed by atoms with Crippen molar-refractivity contribution < 1.29 is 19.1 Å². The van der Waals surface area contributed by atoms with Crippen LogP contribution in [-0.4, -0.2) is 41.0 Å². The Morgan fingerprint density at radius 2 is 1.49 bits per heavy atom. The zero-order valence-electron chi connectivity index (χ0n) is 25.6. The molecule has 43 heavy (non-hydrogen) atoms. The summed E-state index contributed by atoms with van der Waals surface area (Å²) in [6.07, 6.45) is 7.86. The number of ether oxygens (including phenoxy) is 1. The number of carbonyl (C=O) groups excluding carboxylic acids is 3. The van der Waals surface area contributed by atoms with Gasteiger partial charge in [-0.3, -0.25) is 9.59 Å². The van der Waals surface area contributed by atoms with Gasteiger partial charge in [-0.25, -0.2) is 4.79 Å². The van der Waals surface area contributed by atoms with Crippen molar-refractivity contribution in [3.63, 3.8) is 0 Å². The zero-order valence-corrected chi connectivity index (χ0v) is 25.6. The van der Waals surface area contributed by atoms with Crippen LogP contribution in [-0.2, 0) is 27.3 Å². The molecule has 0 bridgehead atoms. The summed E-state index contributed by atoms with van der Waals surface area (Å²) in [7, 11) is 0. The summed E-state index contributed by atoms with van der Waals surface area (Å²) >= 11 is 0. The molecular formula is C36H43N3O4. The van der Waals surface area contributed by atoms with Crippen molar-refractivity contribution in [2.45, 2.75) is 77.6 Å². The van der Waals surface area contributed by atoms with E-state index in [0.717, 1.165) is 24.0 Å². The van der Waals surface area contributed by atoms with Crippen LogP contribution < -0.4 is 10.6 Å². The highest BCUT2D eigenvalue weighted by atomic mass is 16.6. The van der Waals surface area contributed by atoms with Gasteiger partial charge in [-0.1, -0.05) is 105 Å². The van der Waals surface area contributed by atoms with E-state index in [1.165, 1.54) is 0 Å². The fraction of sp³-hybridized carbons (Fsp3) is 0.361. The van der Waals surface area contributed by atoms with Crippen molar-refractivity contribution in [3.8, 4) is 12.3 Å². The molecule has 2 unspecified atom stereocenters. The van der Waals surface area contributed by atoms with Gasteiger partial charge in [-0.15, -0.1) is 6.42 Å². The predicted molar refractivity (Wildman–Crippen MR) is 170 cm³/mol. The van der Waals surface area contributed by atoms with E-state index < -0.39 is 29.7 Å². The second-order valence-corrected chi connectivity index (χ2v) is 11.5. The van der Waals surface area contributed by atoms with Gasteiger partial charge in [0.15, 0.2) is 0 Å². The maximum Gasteiger partial charge on any atom is 0.408 e. The van der Waals surface area contributed by atoms with E-state index in [0.29, 0.717) is 24.1 Å². The molecule has 0 saturated carbocycles. The average Bonchev–Trinajstić information content (AvgIpc) is 2.99. The molecule has 3 aromatic carbocycles. The van der Waals surface area contributed by atoms with Crippen molar-refractivity contribution in [1.29, 1.82) is 0 Å². The van der Waals surface area contributed by atoms with Crippen LogP contribution in [0.5, 0.6) is 0 Å². The molecule has 0 heterocycles. The van der Waals surface area contributed by atoms with E-state index in [-0.39, 0.29) is 18.9 Å². The maximum absolute atomic E-state index is 14.6. The van der Waals surface area contributed by atoms with Crippen LogP contribution in [0.2, 0.25) is 0 Å². The maximum atomic E-state index is 14.6. The Morgan fingerprint density at radius 3 is 2.09 bits per heavy atom. The predicted octanol–water partition coefficient (Wildman–Crippen LogP) is 6.18. The molecule has 0 fully saturated rings. The first kappa shape index (κ1) is 32.9. The smallest absolute Gasteiger partial charge is 0.408 e. The summed E-state index contributed by atoms with van der Waals surface area (Å²) in [5.41, 5.74) is 2.11. The molecule has 0 spiro atoms. The van der Waals surface area contributed by atoms with Crippen LogP contribution in [0.15, 0.2) is 84.9 Å². The Hall–Kier alpha value is -4.57. The van der Waals surface area contributed by atoms with Crippen molar-refractivity contribution >= 4 is 17.9 Å². The molecule has 0 aliphatic rings. The molecular weight excluding hydrogens is 538 g/mol. The second kappa shape index (κ2) is 16.2. The lowest BCUT2D eigenvalue weighted by Gasteiger charge is -2.35. The second-order valence-electron chi connectivity index (χ2n) is 11.5. The van der Waals surface area contributed by atoms with E-state index in [1.54, 1.807) is 37.8 Å². The molecule has 2 atom stereocenters. The lowest BCUT2D eigenvalue weighted by Crippen LogP contribution is -2.54. The van der Waals surface area contributed by atoms with Gasteiger partial charge in [0.2, 0.25) is 11.8 Å². The highest BCUT2D eigenvalue weighted by molar-refractivity contribution is 5.92. The van der Waals surface area contributed by atoms with Crippen LogP contribution >= 0.6 is 0 Å². The Morgan fingerprint density at radius 1 is 0.884 bits per heavy atom. The summed E-state index contributed by atoms with van der Waals surface area (Å²) in [4.78, 5) is 43.2. The molecule has 2 N–H and O–H groups in total. The minimum atomic E-state index is -1.01. The van der Waals surface area contributed by atoms with Crippen LogP contribution in [0.3, 0.4) is 0 Å². The van der Waals surface area contributed by atoms with Gasteiger partial charge in [0, 0.05) is 25.1 Å². The number of nitrogens with zero attached hydrogens (tertiary/aromatic N) is 1. The molecule has 0 aromatic heterocycles. The summed E-state index contributed by atoms with van der Waals surface area (Å²) in [6, 6.07) is 24.2. The topological polar surface area (TPSA) is 87.7 Å². The van der Waals surface area contributed by atoms with Crippen molar-refractivity contribution in [2.24, 2.45) is 0 Å². The normalized spacial score (nSPS) is 12.3. The fourth-order valence-corrected chi connectivity index (χ4v) is 4.80. The largest absolute Gasteiger partial charge is 0.444 e. The molecule has 3 rings (SSSR count). The van der Waals surface area contributed by atoms with Crippen molar-refractivity contribution in [2.75, 3.05) is 6.54 Å². The first-order valence-electron chi connectivity index (χ1n) is 14.8. The number of alkyl carbamates (subject to hydrolysis) is 1. The third-order valence-electron chi connectivity index (χ3n) is 6.84. The van der Waals surface area contributed by atoms with Gasteiger partial charge in [0.05, 0.1) is 0 Å². The standard InChI is InChI=1S/C36H43N3O4/c1-6-8-17-24-39(34(41)31(25-27-18-11-9-12-19-27)38-35(42)43-36(3,4)5)32(30-23-16-15-22-29(30)7-2)33(40)37-26-28-20-13-10-14-21-28/h2,9-16,18-23,31-32H,6,8,17,24-26H2,1,3-5H3,(H,37,40)(H,38,42). The number of unbranched alkanes of at least 4 members (excludes halogenated alkanes) is 2. The monoisotopic (exact) mass is 581 g/mol. The molecule has 0 aliphatic carbocycles. The number of nitrogens with one attached hydrogen (secondary N) is 2. The van der Waals surface area contributed by atoms with Gasteiger partial charge in [0.25, 0.3) is 0 Å². The quantitative estimate of drug-likeness (QED) is 0.186. The molecule has 7 heteroatoms. The highest BCUT2D eigenvalue weighted by Crippen LogP contribution is 2.27. The van der Waals surface area contributed by atoms with Crippen molar-refractivity contribution in [1.82, 2.24) is 15.5 Å². The summed E-state index contributed by atoms with van der Waals surface area (Å²) in [6.45, 7) is 7.96. The molecule has 0 radical (unpaired) electrons. The van der Waals surface area contributed by atoms with Crippen molar-refractivity contribution in [3.05, 3.63) is 107 Å². The fourth-order valence-electron chi connectivity index (χ4n) is 4.80. The van der Waals surface area contributed by atoms with E-state index in [2.05, 4.69) is 23.5 Å². The number of benzene rings is 3. The van der Waals surface area contributed by atoms with Gasteiger partial charge in [-0.2, -0.15) is 0 Å². The van der Waals surface area contributed by atoms with Gasteiger partial charge < -0.3 is 20.3 Å². The first-order chi connectivity index (χ1) is 20.6. The average molecular weight is 582 g/mol. The number of amides is 3. The lowest BCUT2D eigenvalue weighted by atomic mass is 9.96. The molecule has 0 aliphatic heterocycles. The van der Waals surface area contributed by atoms with E-state index in [9.17, 15) is 14.4 Å². The third kappa shape index (κ3) is 10.3. The number of terminal acetylenes is 1. The first-order valence-corrected chi connectivity index (χ1v) is 14.8. The number of rotatable bonds is 13. The lowest BCUT2D eigenvalue weighted by molar-refractivity contribution is -0.142. The van der Waals surface area contributed by atoms with Crippen LogP contribution in [0, 0.1) is 12.3 Å². The Kier molecular flexibility index (Phi) is 12.4. The molecule has 3 amide bonds. The molecule has 7 nitrogen and oxygen atoms in total. The third-order valence-corrected chi connectivity index (χ3v) is 6.84. The Labute approximate surface area is 256 Å². The molecule has 226 valence electrons. The number of carbonyl (C=O) groups is 3. The molecule has 3 aromatic rings. The van der Waals surface area contributed by atoms with Crippen LogP contribution in [0.1, 0.15) is 75.3 Å². The summed E-state index contributed by atoms with van der Waals surface area (Å²) in [5.74, 6) is 1.94. The van der Waals surface area contributed by atoms with Crippen LogP contribution in [0.4, 0.5) is 4.79 Å². The Balaban J connectivity index is 2.05. The minimum absolute atomic E-state index is 0.221. The van der Waals surface area contributed by atoms with Crippen LogP contribution in [0.25, 0.3) is 0 Å². The summed E-state index contributed by atoms with van der Waals surface area (Å²) in [5, 5.41) is 5.82. The van der Waals surface area contributed by atoms with Gasteiger partial charge in [0.1, 0.15) is 17.7 Å². The van der Waals surface area contributed by atoms with Gasteiger partial charge >= 0.3 is 6.09 Å². The molecule has 0 saturated heterocycles. The minimum Gasteiger partial charge on any atom is -0.444 e. The Bertz CT molecular complexity index is 1380. The van der Waals surface area contributed by atoms with E-state index in [1.807, 2.05) is 72.8 Å². The number of hydrogen-bond donors (Lipinski definition) is 2. The zero-order chi connectivity index (χ0) is 31.2. The highest BCUT2D eigenvalue weighted by Gasteiger charge is 2.37. The number of hydrogen-bond acceptors (Lipinski definition) is 4. The SMILES string of the molecule is C#Cc1ccccc1C(C(=O)NCc1ccccc1)N(CCCCC)C(=O)C(Cc1ccccc1)NC(=O)OC(C)(C)C. The van der Waals surface area contributed by atoms with E-state index in [4.69, 9.17) is 11.2 Å². The summed E-state index contributed by atoms with van der Waals surface area (Å²) < 4.78 is 5.52. The van der Waals surface area contributed by atoms with Gasteiger partial charge in [-0.05, 0) is 49.9 Å². The van der Waals surface area contributed by atoms with E-state index >= 15 is 0 Å².